The smallest absolute Gasteiger partial charge is 0.251 e. The second-order valence-electron chi connectivity index (χ2n) is 7.02. The Bertz CT molecular complexity index is 1020. The molecule has 1 N–H and O–H groups in total. The van der Waals surface area contributed by atoms with Crippen molar-refractivity contribution in [2.45, 2.75) is 19.9 Å². The maximum Gasteiger partial charge on any atom is 0.251 e. The Morgan fingerprint density at radius 1 is 1.21 bits per heavy atom. The van der Waals surface area contributed by atoms with Gasteiger partial charge in [-0.2, -0.15) is 0 Å². The maximum absolute atomic E-state index is 13.4. The number of rotatable bonds is 5. The summed E-state index contributed by atoms with van der Waals surface area (Å²) in [6.07, 6.45) is 0.878. The van der Waals surface area contributed by atoms with E-state index in [4.69, 9.17) is 0 Å². The zero-order valence-electron chi connectivity index (χ0n) is 15.5. The fraction of sp³-hybridized carbons (Fsp3) is 0.350. The summed E-state index contributed by atoms with van der Waals surface area (Å²) in [5.41, 5.74) is 2.81. The highest BCUT2D eigenvalue weighted by atomic mass is 19.2. The average Bonchev–Trinajstić information content (AvgIpc) is 3.34. The van der Waals surface area contributed by atoms with E-state index in [2.05, 4.69) is 15.6 Å². The van der Waals surface area contributed by atoms with E-state index in [1.54, 1.807) is 22.9 Å². The molecule has 1 fully saturated rings. The number of hydrogen-bond donors (Lipinski definition) is 1. The van der Waals surface area contributed by atoms with Crippen molar-refractivity contribution in [2.75, 3.05) is 24.5 Å². The highest BCUT2D eigenvalue weighted by molar-refractivity contribution is 5.97. The highest BCUT2D eigenvalue weighted by Crippen LogP contribution is 2.25. The van der Waals surface area contributed by atoms with Gasteiger partial charge in [-0.3, -0.25) is 4.79 Å². The number of halogens is 2. The van der Waals surface area contributed by atoms with Gasteiger partial charge in [0.1, 0.15) is 5.52 Å². The Morgan fingerprint density at radius 2 is 2.07 bits per heavy atom. The van der Waals surface area contributed by atoms with Crippen LogP contribution in [0.5, 0.6) is 0 Å². The molecule has 6 nitrogen and oxygen atoms in total. The summed E-state index contributed by atoms with van der Waals surface area (Å²) < 4.78 is 28.3. The van der Waals surface area contributed by atoms with Crippen molar-refractivity contribution in [1.29, 1.82) is 0 Å². The molecule has 2 heterocycles. The van der Waals surface area contributed by atoms with E-state index in [0.29, 0.717) is 29.9 Å². The fourth-order valence-corrected chi connectivity index (χ4v) is 3.60. The van der Waals surface area contributed by atoms with E-state index >= 15 is 0 Å². The lowest BCUT2D eigenvalue weighted by Gasteiger charge is -2.19. The zero-order chi connectivity index (χ0) is 19.7. The van der Waals surface area contributed by atoms with Crippen LogP contribution in [0.3, 0.4) is 0 Å². The van der Waals surface area contributed by atoms with Gasteiger partial charge in [-0.15, -0.1) is 5.10 Å². The van der Waals surface area contributed by atoms with Crippen LogP contribution in [0, 0.1) is 17.6 Å². The number of nitrogens with zero attached hydrogens (tertiary/aromatic N) is 4. The van der Waals surface area contributed by atoms with Crippen molar-refractivity contribution in [3.63, 3.8) is 0 Å². The average molecular weight is 385 g/mol. The van der Waals surface area contributed by atoms with Crippen molar-refractivity contribution in [3.05, 3.63) is 53.6 Å². The van der Waals surface area contributed by atoms with Crippen LogP contribution >= 0.6 is 0 Å². The summed E-state index contributed by atoms with van der Waals surface area (Å²) >= 11 is 0. The number of aryl methyl sites for hydroxylation is 1. The molecule has 0 aliphatic carbocycles. The molecule has 3 aromatic rings. The third kappa shape index (κ3) is 3.54. The zero-order valence-corrected chi connectivity index (χ0v) is 15.5. The molecule has 1 unspecified atom stereocenters. The normalized spacial score (nSPS) is 16.7. The van der Waals surface area contributed by atoms with Gasteiger partial charge in [0.15, 0.2) is 11.6 Å². The molecule has 0 bridgehead atoms. The molecule has 0 radical (unpaired) electrons. The maximum atomic E-state index is 13.4. The van der Waals surface area contributed by atoms with E-state index in [1.807, 2.05) is 17.9 Å². The summed E-state index contributed by atoms with van der Waals surface area (Å²) in [6, 6.07) is 9.31. The van der Waals surface area contributed by atoms with E-state index in [9.17, 15) is 13.6 Å². The van der Waals surface area contributed by atoms with E-state index in [-0.39, 0.29) is 11.8 Å². The van der Waals surface area contributed by atoms with Crippen LogP contribution in [-0.4, -0.2) is 40.5 Å². The number of carbonyl (C=O) groups excluding carboxylic acids is 1. The highest BCUT2D eigenvalue weighted by Gasteiger charge is 2.24. The van der Waals surface area contributed by atoms with Crippen LogP contribution in [0.4, 0.5) is 14.5 Å². The number of anilines is 1. The SMILES string of the molecule is CCn1nnc2cc(C(=O)NCC3CCN(c4ccc(F)c(F)c4)C3)ccc21. The molecule has 1 saturated heterocycles. The largest absolute Gasteiger partial charge is 0.371 e. The van der Waals surface area contributed by atoms with E-state index in [1.165, 1.54) is 6.07 Å². The molecular weight excluding hydrogens is 364 g/mol. The first kappa shape index (κ1) is 18.3. The van der Waals surface area contributed by atoms with Gasteiger partial charge < -0.3 is 10.2 Å². The lowest BCUT2D eigenvalue weighted by Crippen LogP contribution is -2.31. The molecule has 146 valence electrons. The summed E-state index contributed by atoms with van der Waals surface area (Å²) in [4.78, 5) is 14.5. The van der Waals surface area contributed by atoms with Crippen LogP contribution in [0.1, 0.15) is 23.7 Å². The van der Waals surface area contributed by atoms with Gasteiger partial charge in [0.25, 0.3) is 5.91 Å². The molecule has 0 saturated carbocycles. The molecule has 0 spiro atoms. The predicted molar refractivity (Wildman–Crippen MR) is 102 cm³/mol. The van der Waals surface area contributed by atoms with Crippen molar-refractivity contribution in [3.8, 4) is 0 Å². The summed E-state index contributed by atoms with van der Waals surface area (Å²) in [6.45, 7) is 4.67. The third-order valence-electron chi connectivity index (χ3n) is 5.18. The fourth-order valence-electron chi connectivity index (χ4n) is 3.60. The van der Waals surface area contributed by atoms with Crippen LogP contribution < -0.4 is 10.2 Å². The minimum atomic E-state index is -0.845. The summed E-state index contributed by atoms with van der Waals surface area (Å²) in [5, 5.41) is 11.1. The number of amides is 1. The number of carbonyl (C=O) groups is 1. The van der Waals surface area contributed by atoms with Gasteiger partial charge in [-0.1, -0.05) is 5.21 Å². The van der Waals surface area contributed by atoms with Gasteiger partial charge in [0.2, 0.25) is 0 Å². The number of nitrogens with one attached hydrogen (secondary N) is 1. The standard InChI is InChI=1S/C20H21F2N5O/c1-2-27-19-6-3-14(9-18(19)24-25-27)20(28)23-11-13-7-8-26(12-13)15-4-5-16(21)17(22)10-15/h3-6,9-10,13H,2,7-8,11-12H2,1H3,(H,23,28). The van der Waals surface area contributed by atoms with Gasteiger partial charge in [-0.05, 0) is 49.6 Å². The molecule has 1 aromatic heterocycles. The minimum Gasteiger partial charge on any atom is -0.371 e. The third-order valence-corrected chi connectivity index (χ3v) is 5.18. The first-order chi connectivity index (χ1) is 13.5. The molecule has 8 heteroatoms. The Labute approximate surface area is 161 Å². The predicted octanol–water partition coefficient (Wildman–Crippen LogP) is 2.99. The summed E-state index contributed by atoms with van der Waals surface area (Å²) in [5.74, 6) is -1.59. The minimum absolute atomic E-state index is 0.153. The van der Waals surface area contributed by atoms with Crippen LogP contribution in [0.25, 0.3) is 11.0 Å². The number of fused-ring (bicyclic) bond motifs is 1. The van der Waals surface area contributed by atoms with Gasteiger partial charge in [0.05, 0.1) is 5.52 Å². The molecular formula is C20H21F2N5O. The molecule has 28 heavy (non-hydrogen) atoms. The van der Waals surface area contributed by atoms with Crippen LogP contribution in [0.15, 0.2) is 36.4 Å². The van der Waals surface area contributed by atoms with Crippen molar-refractivity contribution in [2.24, 2.45) is 5.92 Å². The topological polar surface area (TPSA) is 63.1 Å². The molecule has 1 atom stereocenters. The second-order valence-corrected chi connectivity index (χ2v) is 7.02. The first-order valence-corrected chi connectivity index (χ1v) is 9.36. The summed E-state index contributed by atoms with van der Waals surface area (Å²) in [7, 11) is 0. The lowest BCUT2D eigenvalue weighted by molar-refractivity contribution is 0.0948. The van der Waals surface area contributed by atoms with E-state index in [0.717, 1.165) is 31.1 Å². The van der Waals surface area contributed by atoms with Gasteiger partial charge >= 0.3 is 0 Å². The van der Waals surface area contributed by atoms with Gasteiger partial charge in [0, 0.05) is 43.5 Å². The number of benzene rings is 2. The number of aromatic nitrogens is 3. The van der Waals surface area contributed by atoms with Crippen LogP contribution in [-0.2, 0) is 6.54 Å². The van der Waals surface area contributed by atoms with Crippen molar-refractivity contribution in [1.82, 2.24) is 20.3 Å². The van der Waals surface area contributed by atoms with E-state index < -0.39 is 11.6 Å². The Hall–Kier alpha value is -3.03. The number of hydrogen-bond acceptors (Lipinski definition) is 4. The Kier molecular flexibility index (Phi) is 4.93. The van der Waals surface area contributed by atoms with Crippen molar-refractivity contribution < 1.29 is 13.6 Å². The Morgan fingerprint density at radius 3 is 2.86 bits per heavy atom. The monoisotopic (exact) mass is 385 g/mol. The molecule has 1 aliphatic heterocycles. The quantitative estimate of drug-likeness (QED) is 0.734. The molecule has 4 rings (SSSR count). The first-order valence-electron chi connectivity index (χ1n) is 9.36. The van der Waals surface area contributed by atoms with Crippen molar-refractivity contribution >= 4 is 22.6 Å². The van der Waals surface area contributed by atoms with Gasteiger partial charge in [-0.25, -0.2) is 13.5 Å². The molecule has 1 aliphatic rings. The van der Waals surface area contributed by atoms with Crippen LogP contribution in [0.2, 0.25) is 0 Å². The second kappa shape index (κ2) is 7.53. The Balaban J connectivity index is 1.35. The molecule has 1 amide bonds. The molecule has 2 aromatic carbocycles. The lowest BCUT2D eigenvalue weighted by atomic mass is 10.1.